The number of carbonyl (C=O) groups is 3. The van der Waals surface area contributed by atoms with Crippen molar-refractivity contribution in [2.75, 3.05) is 0 Å². The SMILES string of the molecule is CC(C)c1ccc2c(c1)C(=O)C(=O)NC2=O. The van der Waals surface area contributed by atoms with Crippen molar-refractivity contribution in [1.29, 1.82) is 0 Å². The highest BCUT2D eigenvalue weighted by Crippen LogP contribution is 2.21. The summed E-state index contributed by atoms with van der Waals surface area (Å²) < 4.78 is 0. The number of hydrogen-bond donors (Lipinski definition) is 1. The van der Waals surface area contributed by atoms with Gasteiger partial charge in [-0.15, -0.1) is 0 Å². The quantitative estimate of drug-likeness (QED) is 0.569. The Hall–Kier alpha value is -1.97. The van der Waals surface area contributed by atoms with E-state index in [9.17, 15) is 14.4 Å². The molecule has 1 aromatic carbocycles. The Morgan fingerprint density at radius 1 is 1.00 bits per heavy atom. The topological polar surface area (TPSA) is 63.2 Å². The number of amides is 2. The van der Waals surface area contributed by atoms with Gasteiger partial charge in [-0.1, -0.05) is 19.9 Å². The molecule has 82 valence electrons. The molecule has 0 aromatic heterocycles. The van der Waals surface area contributed by atoms with E-state index in [0.29, 0.717) is 0 Å². The largest absolute Gasteiger partial charge is 0.299 e. The lowest BCUT2D eigenvalue weighted by atomic mass is 9.93. The van der Waals surface area contributed by atoms with Crippen molar-refractivity contribution in [2.45, 2.75) is 19.8 Å². The summed E-state index contributed by atoms with van der Waals surface area (Å²) in [6.45, 7) is 3.97. The summed E-state index contributed by atoms with van der Waals surface area (Å²) in [5.41, 5.74) is 1.42. The van der Waals surface area contributed by atoms with Crippen molar-refractivity contribution in [3.8, 4) is 0 Å². The first-order chi connectivity index (χ1) is 7.50. The van der Waals surface area contributed by atoms with Gasteiger partial charge in [-0.3, -0.25) is 19.7 Å². The smallest absolute Gasteiger partial charge is 0.285 e. The molecule has 4 heteroatoms. The van der Waals surface area contributed by atoms with Crippen molar-refractivity contribution >= 4 is 17.6 Å². The number of nitrogens with one attached hydrogen (secondary N) is 1. The van der Waals surface area contributed by atoms with Gasteiger partial charge in [0.1, 0.15) is 0 Å². The lowest BCUT2D eigenvalue weighted by Crippen LogP contribution is -2.42. The second-order valence-electron chi connectivity index (χ2n) is 4.07. The standard InChI is InChI=1S/C12H11NO3/c1-6(2)7-3-4-8-9(5-7)10(14)12(16)13-11(8)15/h3-6H,1-2H3,(H,13,15,16). The molecular weight excluding hydrogens is 206 g/mol. The highest BCUT2D eigenvalue weighted by atomic mass is 16.2. The monoisotopic (exact) mass is 217 g/mol. The first kappa shape index (κ1) is 10.5. The third-order valence-electron chi connectivity index (χ3n) is 2.63. The van der Waals surface area contributed by atoms with Crippen LogP contribution >= 0.6 is 0 Å². The summed E-state index contributed by atoms with van der Waals surface area (Å²) in [4.78, 5) is 34.2. The molecule has 0 saturated heterocycles. The summed E-state index contributed by atoms with van der Waals surface area (Å²) in [5, 5.41) is 2.01. The van der Waals surface area contributed by atoms with E-state index in [0.717, 1.165) is 5.56 Å². The van der Waals surface area contributed by atoms with Gasteiger partial charge >= 0.3 is 0 Å². The first-order valence-corrected chi connectivity index (χ1v) is 5.04. The Kier molecular flexibility index (Phi) is 2.34. The highest BCUT2D eigenvalue weighted by Gasteiger charge is 2.30. The minimum atomic E-state index is -0.849. The minimum absolute atomic E-state index is 0.208. The van der Waals surface area contributed by atoms with E-state index in [1.54, 1.807) is 18.2 Å². The minimum Gasteiger partial charge on any atom is -0.285 e. The van der Waals surface area contributed by atoms with Crippen molar-refractivity contribution in [2.24, 2.45) is 0 Å². The number of rotatable bonds is 1. The molecule has 0 spiro atoms. The average molecular weight is 217 g/mol. The van der Waals surface area contributed by atoms with E-state index in [2.05, 4.69) is 0 Å². The lowest BCUT2D eigenvalue weighted by molar-refractivity contribution is -0.116. The molecule has 2 rings (SSSR count). The molecule has 0 unspecified atom stereocenters. The van der Waals surface area contributed by atoms with Gasteiger partial charge in [-0.2, -0.15) is 0 Å². The predicted molar refractivity (Wildman–Crippen MR) is 57.3 cm³/mol. The van der Waals surface area contributed by atoms with Gasteiger partial charge in [0, 0.05) is 5.56 Å². The van der Waals surface area contributed by atoms with Crippen LogP contribution in [0.1, 0.15) is 46.0 Å². The number of hydrogen-bond acceptors (Lipinski definition) is 3. The molecule has 1 N–H and O–H groups in total. The van der Waals surface area contributed by atoms with Crippen LogP contribution in [0.5, 0.6) is 0 Å². The summed E-state index contributed by atoms with van der Waals surface area (Å²) in [5.74, 6) is -1.75. The number of fused-ring (bicyclic) bond motifs is 1. The van der Waals surface area contributed by atoms with Crippen LogP contribution in [0.25, 0.3) is 0 Å². The zero-order valence-corrected chi connectivity index (χ0v) is 9.03. The van der Waals surface area contributed by atoms with Crippen molar-refractivity contribution in [3.05, 3.63) is 34.9 Å². The Balaban J connectivity index is 2.60. The molecule has 0 atom stereocenters. The Morgan fingerprint density at radius 3 is 2.31 bits per heavy atom. The molecule has 0 aliphatic carbocycles. The molecule has 1 aliphatic rings. The van der Waals surface area contributed by atoms with Crippen LogP contribution in [0.3, 0.4) is 0 Å². The second-order valence-corrected chi connectivity index (χ2v) is 4.07. The molecule has 16 heavy (non-hydrogen) atoms. The van der Waals surface area contributed by atoms with E-state index in [1.165, 1.54) is 0 Å². The molecule has 0 saturated carbocycles. The summed E-state index contributed by atoms with van der Waals surface area (Å²) in [7, 11) is 0. The van der Waals surface area contributed by atoms with Crippen LogP contribution in [-0.2, 0) is 4.79 Å². The van der Waals surface area contributed by atoms with Gasteiger partial charge in [0.25, 0.3) is 17.6 Å². The average Bonchev–Trinajstić information content (AvgIpc) is 2.25. The molecule has 0 bridgehead atoms. The number of imide groups is 1. The molecule has 1 aromatic rings. The molecule has 4 nitrogen and oxygen atoms in total. The zero-order chi connectivity index (χ0) is 11.9. The van der Waals surface area contributed by atoms with Gasteiger partial charge in [0.05, 0.1) is 5.56 Å². The van der Waals surface area contributed by atoms with Crippen molar-refractivity contribution in [1.82, 2.24) is 5.32 Å². The van der Waals surface area contributed by atoms with Gasteiger partial charge in [0.15, 0.2) is 0 Å². The van der Waals surface area contributed by atoms with E-state index in [-0.39, 0.29) is 17.0 Å². The van der Waals surface area contributed by atoms with Crippen LogP contribution in [-0.4, -0.2) is 17.6 Å². The molecule has 0 radical (unpaired) electrons. The molecular formula is C12H11NO3. The summed E-state index contributed by atoms with van der Waals surface area (Å²) in [6, 6.07) is 5.01. The molecule has 1 aliphatic heterocycles. The number of carbonyl (C=O) groups excluding carboxylic acids is 3. The van der Waals surface area contributed by atoms with Crippen LogP contribution in [0.2, 0.25) is 0 Å². The Bertz CT molecular complexity index is 503. The highest BCUT2D eigenvalue weighted by molar-refractivity contribution is 6.49. The summed E-state index contributed by atoms with van der Waals surface area (Å²) in [6.07, 6.45) is 0. The lowest BCUT2D eigenvalue weighted by Gasteiger charge is -2.16. The number of benzene rings is 1. The van der Waals surface area contributed by atoms with Crippen LogP contribution < -0.4 is 5.32 Å². The fraction of sp³-hybridized carbons (Fsp3) is 0.250. The third-order valence-corrected chi connectivity index (χ3v) is 2.63. The van der Waals surface area contributed by atoms with E-state index >= 15 is 0 Å². The fourth-order valence-corrected chi connectivity index (χ4v) is 1.66. The number of ketones is 1. The first-order valence-electron chi connectivity index (χ1n) is 5.04. The zero-order valence-electron chi connectivity index (χ0n) is 9.03. The second kappa shape index (κ2) is 3.56. The Labute approximate surface area is 92.6 Å². The summed E-state index contributed by atoms with van der Waals surface area (Å²) >= 11 is 0. The van der Waals surface area contributed by atoms with Crippen LogP contribution in [0.15, 0.2) is 18.2 Å². The van der Waals surface area contributed by atoms with Crippen LogP contribution in [0.4, 0.5) is 0 Å². The molecule has 2 amide bonds. The maximum Gasteiger partial charge on any atom is 0.299 e. The van der Waals surface area contributed by atoms with E-state index < -0.39 is 17.6 Å². The molecule has 0 fully saturated rings. The third kappa shape index (κ3) is 1.52. The Morgan fingerprint density at radius 2 is 1.69 bits per heavy atom. The van der Waals surface area contributed by atoms with Crippen molar-refractivity contribution in [3.63, 3.8) is 0 Å². The van der Waals surface area contributed by atoms with Crippen LogP contribution in [0, 0.1) is 0 Å². The maximum atomic E-state index is 11.6. The molecule has 1 heterocycles. The van der Waals surface area contributed by atoms with E-state index in [1.807, 2.05) is 19.2 Å². The van der Waals surface area contributed by atoms with Gasteiger partial charge in [0.2, 0.25) is 0 Å². The van der Waals surface area contributed by atoms with Crippen molar-refractivity contribution < 1.29 is 14.4 Å². The fourth-order valence-electron chi connectivity index (χ4n) is 1.66. The van der Waals surface area contributed by atoms with E-state index in [4.69, 9.17) is 0 Å². The van der Waals surface area contributed by atoms with Gasteiger partial charge in [-0.25, -0.2) is 0 Å². The predicted octanol–water partition coefficient (Wildman–Crippen LogP) is 1.26. The normalized spacial score (nSPS) is 15.1. The maximum absolute atomic E-state index is 11.6. The van der Waals surface area contributed by atoms with Gasteiger partial charge < -0.3 is 0 Å². The van der Waals surface area contributed by atoms with Gasteiger partial charge in [-0.05, 0) is 23.6 Å². The number of Topliss-reactive ketones (excluding diaryl/α,β-unsaturated/α-hetero) is 1.